The molecule has 1 aromatic rings. The Balaban J connectivity index is 1.84. The first-order valence-electron chi connectivity index (χ1n) is 6.68. The molecule has 0 saturated carbocycles. The van der Waals surface area contributed by atoms with Gasteiger partial charge in [0, 0.05) is 26.2 Å². The molecule has 0 radical (unpaired) electrons. The molecule has 1 saturated heterocycles. The molecule has 1 atom stereocenters. The number of hydrogen-bond donors (Lipinski definition) is 1. The van der Waals surface area contributed by atoms with Crippen LogP contribution in [0.3, 0.4) is 0 Å². The second-order valence-corrected chi connectivity index (χ2v) is 5.61. The molecule has 2 heterocycles. The van der Waals surface area contributed by atoms with E-state index in [9.17, 15) is 0 Å². The Kier molecular flexibility index (Phi) is 4.65. The molecule has 1 fully saturated rings. The van der Waals surface area contributed by atoms with Crippen molar-refractivity contribution < 1.29 is 0 Å². The van der Waals surface area contributed by atoms with Crippen LogP contribution in [0.25, 0.3) is 0 Å². The Hall–Kier alpha value is -0.580. The van der Waals surface area contributed by atoms with Gasteiger partial charge < -0.3 is 10.2 Å². The first kappa shape index (κ1) is 13.8. The van der Waals surface area contributed by atoms with Crippen LogP contribution in [0.4, 0.5) is 0 Å². The summed E-state index contributed by atoms with van der Waals surface area (Å²) < 4.78 is 1.87. The van der Waals surface area contributed by atoms with Crippen molar-refractivity contribution in [2.75, 3.05) is 20.1 Å². The molecule has 4 nitrogen and oxygen atoms in total. The Morgan fingerprint density at radius 1 is 1.39 bits per heavy atom. The molecule has 1 aliphatic rings. The Labute approximate surface area is 114 Å². The maximum absolute atomic E-state index is 6.23. The van der Waals surface area contributed by atoms with Gasteiger partial charge in [-0.2, -0.15) is 5.10 Å². The summed E-state index contributed by atoms with van der Waals surface area (Å²) in [5, 5.41) is 8.63. The van der Waals surface area contributed by atoms with Gasteiger partial charge in [-0.25, -0.2) is 0 Å². The summed E-state index contributed by atoms with van der Waals surface area (Å²) >= 11 is 6.23. The van der Waals surface area contributed by atoms with Crippen LogP contribution in [0.5, 0.6) is 0 Å². The third kappa shape index (κ3) is 3.05. The molecule has 0 spiro atoms. The van der Waals surface area contributed by atoms with Crippen molar-refractivity contribution in [2.24, 2.45) is 7.05 Å². The van der Waals surface area contributed by atoms with Crippen LogP contribution in [0.1, 0.15) is 30.7 Å². The van der Waals surface area contributed by atoms with Gasteiger partial charge in [0.2, 0.25) is 0 Å². The van der Waals surface area contributed by atoms with E-state index in [0.29, 0.717) is 6.04 Å². The van der Waals surface area contributed by atoms with Crippen molar-refractivity contribution in [1.29, 1.82) is 0 Å². The van der Waals surface area contributed by atoms with E-state index >= 15 is 0 Å². The van der Waals surface area contributed by atoms with Gasteiger partial charge in [0.05, 0.1) is 16.4 Å². The smallest absolute Gasteiger partial charge is 0.0860 e. The van der Waals surface area contributed by atoms with E-state index in [1.807, 2.05) is 18.7 Å². The van der Waals surface area contributed by atoms with Gasteiger partial charge in [0.25, 0.3) is 0 Å². The predicted octanol–water partition coefficient (Wildman–Crippen LogP) is 1.96. The molecule has 1 aliphatic heterocycles. The summed E-state index contributed by atoms with van der Waals surface area (Å²) in [5.74, 6) is 0. The van der Waals surface area contributed by atoms with E-state index in [2.05, 4.69) is 22.4 Å². The number of halogens is 1. The zero-order chi connectivity index (χ0) is 13.1. The summed E-state index contributed by atoms with van der Waals surface area (Å²) in [6.45, 7) is 4.98. The average molecular weight is 271 g/mol. The van der Waals surface area contributed by atoms with E-state index in [-0.39, 0.29) is 0 Å². The number of aryl methyl sites for hydroxylation is 2. The minimum Gasteiger partial charge on any atom is -0.310 e. The highest BCUT2D eigenvalue weighted by Crippen LogP contribution is 2.19. The maximum Gasteiger partial charge on any atom is 0.0860 e. The number of hydrogen-bond acceptors (Lipinski definition) is 3. The summed E-state index contributed by atoms with van der Waals surface area (Å²) in [7, 11) is 4.16. The zero-order valence-electron chi connectivity index (χ0n) is 11.5. The van der Waals surface area contributed by atoms with Gasteiger partial charge >= 0.3 is 0 Å². The molecule has 2 rings (SSSR count). The lowest BCUT2D eigenvalue weighted by Gasteiger charge is -2.32. The second-order valence-electron chi connectivity index (χ2n) is 5.23. The molecular formula is C13H23ClN4. The Morgan fingerprint density at radius 3 is 2.78 bits per heavy atom. The maximum atomic E-state index is 6.23. The van der Waals surface area contributed by atoms with Gasteiger partial charge in [-0.05, 0) is 33.4 Å². The lowest BCUT2D eigenvalue weighted by Crippen LogP contribution is -2.43. The molecule has 0 aromatic carbocycles. The van der Waals surface area contributed by atoms with Crippen molar-refractivity contribution in [3.8, 4) is 0 Å². The fourth-order valence-electron chi connectivity index (χ4n) is 2.63. The number of likely N-dealkylation sites (N-methyl/N-ethyl adjacent to an activating group) is 1. The zero-order valence-corrected chi connectivity index (χ0v) is 12.3. The number of likely N-dealkylation sites (tertiary alicyclic amines) is 1. The molecule has 102 valence electrons. The highest BCUT2D eigenvalue weighted by molar-refractivity contribution is 6.31. The minimum atomic E-state index is 0.659. The number of nitrogens with zero attached hydrogens (tertiary/aromatic N) is 3. The molecule has 1 N–H and O–H groups in total. The van der Waals surface area contributed by atoms with Crippen molar-refractivity contribution >= 4 is 11.6 Å². The van der Waals surface area contributed by atoms with E-state index in [1.165, 1.54) is 25.8 Å². The monoisotopic (exact) mass is 270 g/mol. The van der Waals surface area contributed by atoms with Gasteiger partial charge in [0.1, 0.15) is 0 Å². The average Bonchev–Trinajstić information content (AvgIpc) is 2.58. The standard InChI is InChI=1S/C13H23ClN4/c1-10-13(14)12(18(3)16-10)9-15-8-11-6-4-5-7-17(11)2/h11,15H,4-9H2,1-3H3. The third-order valence-corrected chi connectivity index (χ3v) is 4.35. The van der Waals surface area contributed by atoms with Crippen LogP contribution in [0.2, 0.25) is 5.02 Å². The summed E-state index contributed by atoms with van der Waals surface area (Å²) in [6.07, 6.45) is 3.98. The molecule has 0 amide bonds. The summed E-state index contributed by atoms with van der Waals surface area (Å²) in [4.78, 5) is 2.45. The first-order chi connectivity index (χ1) is 8.59. The highest BCUT2D eigenvalue weighted by Gasteiger charge is 2.18. The molecule has 1 aromatic heterocycles. The lowest BCUT2D eigenvalue weighted by atomic mass is 10.0. The Morgan fingerprint density at radius 2 is 2.17 bits per heavy atom. The van der Waals surface area contributed by atoms with Crippen molar-refractivity contribution in [1.82, 2.24) is 20.0 Å². The molecular weight excluding hydrogens is 248 g/mol. The largest absolute Gasteiger partial charge is 0.310 e. The topological polar surface area (TPSA) is 33.1 Å². The van der Waals surface area contributed by atoms with E-state index in [1.54, 1.807) is 0 Å². The second kappa shape index (κ2) is 6.04. The number of nitrogens with one attached hydrogen (secondary N) is 1. The normalized spacial score (nSPS) is 21.4. The number of aromatic nitrogens is 2. The first-order valence-corrected chi connectivity index (χ1v) is 7.06. The molecule has 18 heavy (non-hydrogen) atoms. The van der Waals surface area contributed by atoms with Crippen LogP contribution in [-0.2, 0) is 13.6 Å². The van der Waals surface area contributed by atoms with Crippen LogP contribution in [0.15, 0.2) is 0 Å². The van der Waals surface area contributed by atoms with Gasteiger partial charge in [0.15, 0.2) is 0 Å². The number of rotatable bonds is 4. The quantitative estimate of drug-likeness (QED) is 0.908. The van der Waals surface area contributed by atoms with Crippen LogP contribution in [-0.4, -0.2) is 40.9 Å². The van der Waals surface area contributed by atoms with E-state index in [4.69, 9.17) is 11.6 Å². The van der Waals surface area contributed by atoms with Crippen LogP contribution < -0.4 is 5.32 Å². The lowest BCUT2D eigenvalue weighted by molar-refractivity contribution is 0.181. The molecule has 5 heteroatoms. The van der Waals surface area contributed by atoms with E-state index in [0.717, 1.165) is 29.5 Å². The van der Waals surface area contributed by atoms with Crippen molar-refractivity contribution in [3.63, 3.8) is 0 Å². The van der Waals surface area contributed by atoms with Gasteiger partial charge in [-0.3, -0.25) is 4.68 Å². The van der Waals surface area contributed by atoms with E-state index < -0.39 is 0 Å². The van der Waals surface area contributed by atoms with Crippen LogP contribution >= 0.6 is 11.6 Å². The van der Waals surface area contributed by atoms with Crippen LogP contribution in [0, 0.1) is 6.92 Å². The van der Waals surface area contributed by atoms with Gasteiger partial charge in [-0.1, -0.05) is 18.0 Å². The fraction of sp³-hybridized carbons (Fsp3) is 0.769. The third-order valence-electron chi connectivity index (χ3n) is 3.86. The van der Waals surface area contributed by atoms with Crippen molar-refractivity contribution in [2.45, 2.75) is 38.8 Å². The molecule has 1 unspecified atom stereocenters. The van der Waals surface area contributed by atoms with Gasteiger partial charge in [-0.15, -0.1) is 0 Å². The SMILES string of the molecule is Cc1nn(C)c(CNCC2CCCCN2C)c1Cl. The predicted molar refractivity (Wildman–Crippen MR) is 74.9 cm³/mol. The number of piperidine rings is 1. The summed E-state index contributed by atoms with van der Waals surface area (Å²) in [5.41, 5.74) is 1.98. The summed E-state index contributed by atoms with van der Waals surface area (Å²) in [6, 6.07) is 0.659. The molecule has 0 bridgehead atoms. The highest BCUT2D eigenvalue weighted by atomic mass is 35.5. The van der Waals surface area contributed by atoms with Crippen molar-refractivity contribution in [3.05, 3.63) is 16.4 Å². The fourth-order valence-corrected chi connectivity index (χ4v) is 2.86. The Bertz CT molecular complexity index is 402. The minimum absolute atomic E-state index is 0.659. The molecule has 0 aliphatic carbocycles.